The maximum absolute atomic E-state index is 12.9. The van der Waals surface area contributed by atoms with Crippen LogP contribution in [0.3, 0.4) is 0 Å². The number of benzene rings is 1. The summed E-state index contributed by atoms with van der Waals surface area (Å²) in [6.07, 6.45) is -0.824. The van der Waals surface area contributed by atoms with Crippen LogP contribution in [0.25, 0.3) is 0 Å². The van der Waals surface area contributed by atoms with E-state index in [1.54, 1.807) is 0 Å². The Morgan fingerprint density at radius 2 is 1.65 bits per heavy atom. The molecule has 0 N–H and O–H groups in total. The molecule has 1 aromatic rings. The summed E-state index contributed by atoms with van der Waals surface area (Å²) in [5, 5.41) is 0. The van der Waals surface area contributed by atoms with Crippen molar-refractivity contribution in [2.45, 2.75) is 45.1 Å². The third-order valence-electron chi connectivity index (χ3n) is 5.86. The lowest BCUT2D eigenvalue weighted by Gasteiger charge is -2.49. The molecule has 0 saturated carbocycles. The normalized spacial score (nSPS) is 27.5. The van der Waals surface area contributed by atoms with Gasteiger partial charge in [0.1, 0.15) is 6.10 Å². The summed E-state index contributed by atoms with van der Waals surface area (Å²) in [6, 6.07) is 8.65. The van der Waals surface area contributed by atoms with Crippen molar-refractivity contribution in [1.29, 1.82) is 0 Å². The minimum atomic E-state index is -0.552. The number of fused-ring (bicyclic) bond motifs is 1. The van der Waals surface area contributed by atoms with Crippen molar-refractivity contribution < 1.29 is 14.3 Å². The zero-order valence-electron chi connectivity index (χ0n) is 15.9. The Labute approximate surface area is 155 Å². The summed E-state index contributed by atoms with van der Waals surface area (Å²) in [4.78, 5) is 19.8. The lowest BCUT2D eigenvalue weighted by molar-refractivity contribution is -0.152. The lowest BCUT2D eigenvalue weighted by atomic mass is 10.0. The zero-order valence-corrected chi connectivity index (χ0v) is 15.9. The van der Waals surface area contributed by atoms with E-state index in [-0.39, 0.29) is 12.0 Å². The number of para-hydroxylation sites is 2. The van der Waals surface area contributed by atoms with Gasteiger partial charge in [0.15, 0.2) is 11.5 Å². The second-order valence-electron chi connectivity index (χ2n) is 7.87. The molecule has 2 unspecified atom stereocenters. The van der Waals surface area contributed by atoms with E-state index in [2.05, 4.69) is 23.6 Å². The fourth-order valence-corrected chi connectivity index (χ4v) is 4.06. The molecular formula is C20H29N3O3. The predicted octanol–water partition coefficient (Wildman–Crippen LogP) is 1.45. The van der Waals surface area contributed by atoms with Gasteiger partial charge in [-0.25, -0.2) is 0 Å². The van der Waals surface area contributed by atoms with E-state index in [9.17, 15) is 4.79 Å². The molecule has 1 amide bonds. The van der Waals surface area contributed by atoms with Crippen molar-refractivity contribution in [3.05, 3.63) is 24.3 Å². The fourth-order valence-electron chi connectivity index (χ4n) is 4.06. The summed E-state index contributed by atoms with van der Waals surface area (Å²) in [7, 11) is 0. The minimum Gasteiger partial charge on any atom is -0.482 e. The lowest BCUT2D eigenvalue weighted by Crippen LogP contribution is -2.67. The second-order valence-corrected chi connectivity index (χ2v) is 7.87. The smallest absolute Gasteiger partial charge is 0.267 e. The summed E-state index contributed by atoms with van der Waals surface area (Å²) in [6.45, 7) is 12.4. The Morgan fingerprint density at radius 1 is 1.04 bits per heavy atom. The third kappa shape index (κ3) is 3.28. The number of hydrogen-bond donors (Lipinski definition) is 0. The van der Waals surface area contributed by atoms with Crippen molar-refractivity contribution >= 4 is 5.91 Å². The molecule has 0 aliphatic carbocycles. The van der Waals surface area contributed by atoms with Crippen molar-refractivity contribution in [3.63, 3.8) is 0 Å². The zero-order chi connectivity index (χ0) is 18.3. The molecule has 26 heavy (non-hydrogen) atoms. The number of amides is 1. The SMILES string of the molecule is CC1Oc2ccccc2OC1C(=O)N1CC(N2CCN(C(C)C)CC2)C1. The Bertz CT molecular complexity index is 651. The highest BCUT2D eigenvalue weighted by Gasteiger charge is 2.43. The predicted molar refractivity (Wildman–Crippen MR) is 99.6 cm³/mol. The molecule has 6 nitrogen and oxygen atoms in total. The number of carbonyl (C=O) groups excluding carboxylic acids is 1. The summed E-state index contributed by atoms with van der Waals surface area (Å²) in [5.41, 5.74) is 0. The standard InChI is InChI=1S/C20H29N3O3/c1-14(2)21-8-10-22(11-9-21)16-12-23(13-16)20(24)19-15(3)25-17-6-4-5-7-18(17)26-19/h4-7,14-16,19H,8-13H2,1-3H3. The molecule has 2 saturated heterocycles. The third-order valence-corrected chi connectivity index (χ3v) is 5.86. The molecule has 0 radical (unpaired) electrons. The van der Waals surface area contributed by atoms with Gasteiger partial charge in [0, 0.05) is 51.4 Å². The minimum absolute atomic E-state index is 0.0454. The van der Waals surface area contributed by atoms with E-state index in [1.165, 1.54) is 0 Å². The number of ether oxygens (including phenoxy) is 2. The highest BCUT2D eigenvalue weighted by molar-refractivity contribution is 5.83. The maximum atomic E-state index is 12.9. The number of hydrogen-bond acceptors (Lipinski definition) is 5. The first kappa shape index (κ1) is 17.6. The van der Waals surface area contributed by atoms with Crippen LogP contribution in [-0.4, -0.2) is 84.2 Å². The van der Waals surface area contributed by atoms with E-state index >= 15 is 0 Å². The van der Waals surface area contributed by atoms with E-state index < -0.39 is 6.10 Å². The van der Waals surface area contributed by atoms with Gasteiger partial charge in [-0.2, -0.15) is 0 Å². The van der Waals surface area contributed by atoms with E-state index in [0.29, 0.717) is 23.6 Å². The van der Waals surface area contributed by atoms with Gasteiger partial charge in [-0.1, -0.05) is 12.1 Å². The van der Waals surface area contributed by atoms with Crippen LogP contribution in [0.1, 0.15) is 20.8 Å². The van der Waals surface area contributed by atoms with Crippen LogP contribution in [-0.2, 0) is 4.79 Å². The van der Waals surface area contributed by atoms with Gasteiger partial charge >= 0.3 is 0 Å². The van der Waals surface area contributed by atoms with E-state index in [0.717, 1.165) is 39.3 Å². The molecule has 3 aliphatic heterocycles. The van der Waals surface area contributed by atoms with Crippen LogP contribution >= 0.6 is 0 Å². The fraction of sp³-hybridized carbons (Fsp3) is 0.650. The van der Waals surface area contributed by atoms with Crippen LogP contribution in [0.15, 0.2) is 24.3 Å². The monoisotopic (exact) mass is 359 g/mol. The van der Waals surface area contributed by atoms with Crippen LogP contribution < -0.4 is 9.47 Å². The van der Waals surface area contributed by atoms with Gasteiger partial charge in [-0.15, -0.1) is 0 Å². The second kappa shape index (κ2) is 7.08. The molecule has 4 rings (SSSR count). The first-order chi connectivity index (χ1) is 12.5. The van der Waals surface area contributed by atoms with Crippen LogP contribution in [0.5, 0.6) is 11.5 Å². The van der Waals surface area contributed by atoms with Crippen molar-refractivity contribution in [2.24, 2.45) is 0 Å². The highest BCUT2D eigenvalue weighted by atomic mass is 16.6. The first-order valence-electron chi connectivity index (χ1n) is 9.72. The largest absolute Gasteiger partial charge is 0.482 e. The average molecular weight is 359 g/mol. The van der Waals surface area contributed by atoms with Gasteiger partial charge in [-0.05, 0) is 32.9 Å². The molecule has 2 atom stereocenters. The number of carbonyl (C=O) groups is 1. The molecule has 3 heterocycles. The molecule has 2 fully saturated rings. The van der Waals surface area contributed by atoms with Gasteiger partial charge in [-0.3, -0.25) is 14.6 Å². The Morgan fingerprint density at radius 3 is 2.27 bits per heavy atom. The summed E-state index contributed by atoms with van der Waals surface area (Å²) >= 11 is 0. The Kier molecular flexibility index (Phi) is 4.80. The summed E-state index contributed by atoms with van der Waals surface area (Å²) in [5.74, 6) is 1.42. The van der Waals surface area contributed by atoms with Crippen LogP contribution in [0, 0.1) is 0 Å². The number of likely N-dealkylation sites (tertiary alicyclic amines) is 1. The maximum Gasteiger partial charge on any atom is 0.267 e. The highest BCUT2D eigenvalue weighted by Crippen LogP contribution is 2.34. The topological polar surface area (TPSA) is 45.3 Å². The van der Waals surface area contributed by atoms with Crippen molar-refractivity contribution in [2.75, 3.05) is 39.3 Å². The number of rotatable bonds is 3. The van der Waals surface area contributed by atoms with E-state index in [4.69, 9.17) is 9.47 Å². The van der Waals surface area contributed by atoms with Crippen molar-refractivity contribution in [3.8, 4) is 11.5 Å². The first-order valence-corrected chi connectivity index (χ1v) is 9.72. The molecule has 0 aromatic heterocycles. The van der Waals surface area contributed by atoms with E-state index in [1.807, 2.05) is 36.1 Å². The molecule has 0 bridgehead atoms. The molecule has 142 valence electrons. The van der Waals surface area contributed by atoms with Gasteiger partial charge in [0.05, 0.1) is 0 Å². The van der Waals surface area contributed by atoms with Crippen LogP contribution in [0.2, 0.25) is 0 Å². The number of piperazine rings is 1. The number of nitrogens with zero attached hydrogens (tertiary/aromatic N) is 3. The van der Waals surface area contributed by atoms with Gasteiger partial charge in [0.2, 0.25) is 6.10 Å². The summed E-state index contributed by atoms with van der Waals surface area (Å²) < 4.78 is 11.8. The Balaban J connectivity index is 1.30. The van der Waals surface area contributed by atoms with Gasteiger partial charge < -0.3 is 14.4 Å². The molecule has 1 aromatic carbocycles. The quantitative estimate of drug-likeness (QED) is 0.817. The molecule has 6 heteroatoms. The average Bonchev–Trinajstić information content (AvgIpc) is 2.60. The molecule has 3 aliphatic rings. The van der Waals surface area contributed by atoms with Crippen LogP contribution in [0.4, 0.5) is 0 Å². The Hall–Kier alpha value is -1.79. The van der Waals surface area contributed by atoms with Gasteiger partial charge in [0.25, 0.3) is 5.91 Å². The molecule has 0 spiro atoms. The molecular weight excluding hydrogens is 330 g/mol. The van der Waals surface area contributed by atoms with Crippen molar-refractivity contribution in [1.82, 2.24) is 14.7 Å².